The van der Waals surface area contributed by atoms with Crippen LogP contribution >= 0.6 is 0 Å². The summed E-state index contributed by atoms with van der Waals surface area (Å²) in [5.41, 5.74) is 4.52. The van der Waals surface area contributed by atoms with Crippen molar-refractivity contribution in [2.75, 3.05) is 0 Å². The molecule has 0 aromatic heterocycles. The fourth-order valence-corrected chi connectivity index (χ4v) is 12.7. The summed E-state index contributed by atoms with van der Waals surface area (Å²) in [5.74, 6) is 7.76. The molecular formula is C106H216. The monoisotopic (exact) mass is 1490 g/mol. The summed E-state index contributed by atoms with van der Waals surface area (Å²) in [6.45, 7) is 98.8. The third-order valence-electron chi connectivity index (χ3n) is 20.6. The Hall–Kier alpha value is -2.34. The Bertz CT molecular complexity index is 2010. The van der Waals surface area contributed by atoms with Gasteiger partial charge in [0.2, 0.25) is 0 Å². The highest BCUT2D eigenvalue weighted by molar-refractivity contribution is 5.17. The van der Waals surface area contributed by atoms with Gasteiger partial charge in [0, 0.05) is 0 Å². The van der Waals surface area contributed by atoms with E-state index in [4.69, 9.17) is 0 Å². The van der Waals surface area contributed by atoms with Crippen LogP contribution in [0.1, 0.15) is 474 Å². The topological polar surface area (TPSA) is 0 Å². The smallest absolute Gasteiger partial charge is 0.000444 e. The molecule has 6 atom stereocenters. The second-order valence-corrected chi connectivity index (χ2v) is 37.7. The van der Waals surface area contributed by atoms with Crippen molar-refractivity contribution in [2.24, 2.45) is 102 Å². The summed E-state index contributed by atoms with van der Waals surface area (Å²) in [5, 5.41) is 0. The molecule has 0 heteroatoms. The lowest BCUT2D eigenvalue weighted by Crippen LogP contribution is -2.21. The average Bonchev–Trinajstić information content (AvgIpc) is 1.62. The number of rotatable bonds is 0. The van der Waals surface area contributed by atoms with Crippen LogP contribution < -0.4 is 0 Å². The molecule has 9 aliphatic carbocycles. The summed E-state index contributed by atoms with van der Waals surface area (Å²) in [6, 6.07) is 0. The summed E-state index contributed by atoms with van der Waals surface area (Å²) in [6.07, 6.45) is 72.7. The van der Waals surface area contributed by atoms with Crippen LogP contribution in [-0.2, 0) is 0 Å². The van der Waals surface area contributed by atoms with Crippen LogP contribution in [0.5, 0.6) is 0 Å². The maximum Gasteiger partial charge on any atom is -0.000444 e. The van der Waals surface area contributed by atoms with E-state index in [0.717, 1.165) is 53.3 Å². The van der Waals surface area contributed by atoms with Crippen molar-refractivity contribution in [3.05, 3.63) is 109 Å². The predicted octanol–water partition coefficient (Wildman–Crippen LogP) is 39.4. The molecule has 0 heterocycles. The van der Waals surface area contributed by atoms with Crippen LogP contribution in [0.25, 0.3) is 0 Å². The van der Waals surface area contributed by atoms with Gasteiger partial charge in [-0.2, -0.15) is 0 Å². The van der Waals surface area contributed by atoms with Gasteiger partial charge in [0.25, 0.3) is 0 Å². The standard InChI is InChI=1S/3C11H20.2C10H18.2C9H16.C8H14.C7H12.9C2H6.2CH4/c3*1-11(2,3)10-8-6-4-5-7-9-10;2*1-10(2,3)9-7-5-4-6-8-9;2*1-9(2,3)8-6-4-5-7-8;1-8(2,3)7-5-4-6-7;1-7(2,3)6-4-5-6;9*1-2;;/h6,8,10H,4-5,7,9H2,1-3H3;4,6,10H,5,7-9H2,1-3H3;4-5,10H,6-9H2,1-3H3;5,7,9H,4,6,8H2,1-3H3;4-5,9H,6-8H2,1-3H3;4,6,8H,5,7H2,1-3H3;4-5,8H,6-7H2,1-3H3;4-5,7H,6H2,1-3H3;4-6H,1-3H3;9*1-2H3;2*1H4. The van der Waals surface area contributed by atoms with Crippen LogP contribution in [0.4, 0.5) is 0 Å². The van der Waals surface area contributed by atoms with E-state index in [0.29, 0.717) is 48.7 Å². The lowest BCUT2D eigenvalue weighted by molar-refractivity contribution is 0.217. The lowest BCUT2D eigenvalue weighted by Gasteiger charge is -2.31. The highest BCUT2D eigenvalue weighted by Gasteiger charge is 2.30. The van der Waals surface area contributed by atoms with Gasteiger partial charge in [-0.3, -0.25) is 0 Å². The van der Waals surface area contributed by atoms with Crippen molar-refractivity contribution in [2.45, 2.75) is 474 Å². The second kappa shape index (κ2) is 74.1. The average molecular weight is 1490 g/mol. The van der Waals surface area contributed by atoms with Gasteiger partial charge < -0.3 is 0 Å². The third-order valence-corrected chi connectivity index (χ3v) is 20.6. The van der Waals surface area contributed by atoms with Gasteiger partial charge in [-0.15, -0.1) is 0 Å². The number of allylic oxidation sites excluding steroid dienone is 18. The first-order chi connectivity index (χ1) is 48.4. The first kappa shape index (κ1) is 127. The van der Waals surface area contributed by atoms with E-state index in [1.54, 1.807) is 0 Å². The summed E-state index contributed by atoms with van der Waals surface area (Å²) < 4.78 is 0. The van der Waals surface area contributed by atoms with E-state index in [-0.39, 0.29) is 14.9 Å². The maximum atomic E-state index is 2.42. The molecule has 0 bridgehead atoms. The van der Waals surface area contributed by atoms with Crippen LogP contribution in [0.15, 0.2) is 109 Å². The van der Waals surface area contributed by atoms with Crippen molar-refractivity contribution in [1.82, 2.24) is 0 Å². The minimum Gasteiger partial charge on any atom is -0.0885 e. The van der Waals surface area contributed by atoms with Crippen LogP contribution in [-0.4, -0.2) is 0 Å². The normalized spacial score (nSPS) is 20.9. The zero-order valence-electron chi connectivity index (χ0n) is 81.4. The second-order valence-electron chi connectivity index (χ2n) is 37.7. The zero-order valence-corrected chi connectivity index (χ0v) is 81.4. The largest absolute Gasteiger partial charge is 0.0885 e. The minimum atomic E-state index is 0. The molecule has 106 heavy (non-hydrogen) atoms. The summed E-state index contributed by atoms with van der Waals surface area (Å²) in [7, 11) is 0. The first-order valence-corrected chi connectivity index (χ1v) is 45.4. The van der Waals surface area contributed by atoms with Crippen LogP contribution in [0, 0.1) is 102 Å². The SMILES string of the molecule is C.C.CC.CC.CC.CC.CC.CC.CC.CC.CC.CC(C)(C)C1C=C1.CC(C)(C)C1C=CC1.CC(C)(C)C1C=CCC1.CC(C)(C)C1C=CCCC1.CC(C)(C)C1C=CCCCC1.CC(C)(C)C1CC=CC1.CC(C)(C)C1CC=CCC1.CC(C)(C)C1CC=CCCC1.CC(C)(C)C1CCC=CCC1. The molecule has 0 radical (unpaired) electrons. The molecule has 0 aliphatic heterocycles. The van der Waals surface area contributed by atoms with E-state index in [2.05, 4.69) is 296 Å². The number of hydrogen-bond acceptors (Lipinski definition) is 0. The van der Waals surface area contributed by atoms with Crippen LogP contribution in [0.2, 0.25) is 0 Å². The van der Waals surface area contributed by atoms with Gasteiger partial charge in [0.05, 0.1) is 0 Å². The molecule has 0 aromatic carbocycles. The molecule has 6 unspecified atom stereocenters. The van der Waals surface area contributed by atoms with Gasteiger partial charge in [0.1, 0.15) is 0 Å². The molecule has 0 fully saturated rings. The zero-order chi connectivity index (χ0) is 83.7. The first-order valence-electron chi connectivity index (χ1n) is 45.4. The molecule has 0 aromatic rings. The van der Waals surface area contributed by atoms with Crippen molar-refractivity contribution in [1.29, 1.82) is 0 Å². The number of hydrogen-bond donors (Lipinski definition) is 0. The molecule has 9 aliphatic rings. The quantitative estimate of drug-likeness (QED) is 0.212. The molecule has 0 spiro atoms. The Kier molecular flexibility index (Phi) is 88.9. The molecular weight excluding hydrogens is 1270 g/mol. The van der Waals surface area contributed by atoms with Gasteiger partial charge >= 0.3 is 0 Å². The Balaban J connectivity index is -0.000000103. The van der Waals surface area contributed by atoms with Crippen molar-refractivity contribution in [3.8, 4) is 0 Å². The van der Waals surface area contributed by atoms with Gasteiger partial charge in [0.15, 0.2) is 0 Å². The minimum absolute atomic E-state index is 0. The van der Waals surface area contributed by atoms with Crippen LogP contribution in [0.3, 0.4) is 0 Å². The molecule has 0 saturated carbocycles. The van der Waals surface area contributed by atoms with E-state index in [9.17, 15) is 0 Å². The molecule has 0 saturated heterocycles. The van der Waals surface area contributed by atoms with Gasteiger partial charge in [-0.1, -0.05) is 442 Å². The Labute approximate surface area is 681 Å². The Morgan fingerprint density at radius 2 is 0.406 bits per heavy atom. The molecule has 640 valence electrons. The summed E-state index contributed by atoms with van der Waals surface area (Å²) in [4.78, 5) is 0. The van der Waals surface area contributed by atoms with Crippen molar-refractivity contribution in [3.63, 3.8) is 0 Å². The van der Waals surface area contributed by atoms with E-state index in [1.807, 2.05) is 125 Å². The van der Waals surface area contributed by atoms with E-state index in [1.165, 1.54) is 148 Å². The Morgan fingerprint density at radius 3 is 0.632 bits per heavy atom. The highest BCUT2D eigenvalue weighted by atomic mass is 14.3. The highest BCUT2D eigenvalue weighted by Crippen LogP contribution is 2.41. The van der Waals surface area contributed by atoms with E-state index < -0.39 is 0 Å². The van der Waals surface area contributed by atoms with Gasteiger partial charge in [-0.25, -0.2) is 0 Å². The molecule has 0 nitrogen and oxygen atoms in total. The molecule has 0 amide bonds. The van der Waals surface area contributed by atoms with Gasteiger partial charge in [-0.05, 0) is 243 Å². The lowest BCUT2D eigenvalue weighted by atomic mass is 9.74. The third kappa shape index (κ3) is 74.4. The maximum absolute atomic E-state index is 2.42. The fraction of sp³-hybridized carbons (Fsp3) is 0.830. The fourth-order valence-electron chi connectivity index (χ4n) is 12.7. The summed E-state index contributed by atoms with van der Waals surface area (Å²) >= 11 is 0. The van der Waals surface area contributed by atoms with E-state index >= 15 is 0 Å². The van der Waals surface area contributed by atoms with Crippen molar-refractivity contribution >= 4 is 0 Å². The molecule has 9 rings (SSSR count). The predicted molar refractivity (Wildman–Crippen MR) is 511 cm³/mol. The van der Waals surface area contributed by atoms with Crippen molar-refractivity contribution < 1.29 is 0 Å². The Morgan fingerprint density at radius 1 is 0.170 bits per heavy atom. The molecule has 0 N–H and O–H groups in total.